The van der Waals surface area contributed by atoms with Crippen LogP contribution in [-0.4, -0.2) is 30.2 Å². The Balaban J connectivity index is 2.03. The van der Waals surface area contributed by atoms with Gasteiger partial charge < -0.3 is 9.80 Å². The minimum absolute atomic E-state index is 0.225. The third-order valence-electron chi connectivity index (χ3n) is 4.84. The maximum atomic E-state index is 13.4. The summed E-state index contributed by atoms with van der Waals surface area (Å²) >= 11 is 0. The van der Waals surface area contributed by atoms with Gasteiger partial charge in [0.05, 0.1) is 6.34 Å². The van der Waals surface area contributed by atoms with Crippen LogP contribution in [-0.2, 0) is 13.0 Å². The van der Waals surface area contributed by atoms with Crippen LogP contribution in [0, 0.1) is 11.2 Å². The Morgan fingerprint density at radius 3 is 2.44 bits per heavy atom. The van der Waals surface area contributed by atoms with Crippen LogP contribution in [0.4, 0.5) is 4.39 Å². The average Bonchev–Trinajstić information content (AvgIpc) is 2.66. The minimum Gasteiger partial charge on any atom is -0.382 e. The van der Waals surface area contributed by atoms with Gasteiger partial charge in [-0.25, -0.2) is 4.39 Å². The Hall–Kier alpha value is -2.88. The van der Waals surface area contributed by atoms with Gasteiger partial charge in [0.25, 0.3) is 0 Å². The van der Waals surface area contributed by atoms with Crippen molar-refractivity contribution in [2.24, 2.45) is 0 Å². The highest BCUT2D eigenvalue weighted by Gasteiger charge is 2.19. The lowest BCUT2D eigenvalue weighted by atomic mass is 9.82. The molecular formula is C23H26FN3. The van der Waals surface area contributed by atoms with E-state index in [1.165, 1.54) is 29.6 Å². The molecule has 0 spiro atoms. The van der Waals surface area contributed by atoms with Crippen LogP contribution < -0.4 is 0 Å². The number of nitrogens with one attached hydrogen (secondary N) is 1. The van der Waals surface area contributed by atoms with Gasteiger partial charge in [-0.1, -0.05) is 18.7 Å². The largest absolute Gasteiger partial charge is 0.382 e. The molecule has 1 aliphatic rings. The second-order valence-electron chi connectivity index (χ2n) is 7.20. The number of allylic oxidation sites excluding steroid dienone is 1. The molecule has 2 aromatic rings. The molecule has 0 aromatic heterocycles. The number of nitrogens with zero attached hydrogens (tertiary/aromatic N) is 2. The molecule has 1 aliphatic carbocycles. The predicted octanol–water partition coefficient (Wildman–Crippen LogP) is 5.28. The van der Waals surface area contributed by atoms with Gasteiger partial charge in [0.15, 0.2) is 0 Å². The van der Waals surface area contributed by atoms with Crippen LogP contribution in [0.3, 0.4) is 0 Å². The number of rotatable bonds is 6. The summed E-state index contributed by atoms with van der Waals surface area (Å²) in [7, 11) is 3.91. The van der Waals surface area contributed by atoms with Crippen molar-refractivity contribution in [1.29, 1.82) is 5.41 Å². The van der Waals surface area contributed by atoms with Crippen LogP contribution in [0.15, 0.2) is 55.4 Å². The number of halogens is 1. The van der Waals surface area contributed by atoms with Gasteiger partial charge in [-0.3, -0.25) is 5.41 Å². The monoisotopic (exact) mass is 363 g/mol. The van der Waals surface area contributed by atoms with E-state index < -0.39 is 0 Å². The zero-order chi connectivity index (χ0) is 19.4. The summed E-state index contributed by atoms with van der Waals surface area (Å²) in [4.78, 5) is 3.77. The molecule has 0 heterocycles. The van der Waals surface area contributed by atoms with Gasteiger partial charge in [-0.15, -0.1) is 0 Å². The maximum absolute atomic E-state index is 13.4. The van der Waals surface area contributed by atoms with E-state index in [0.717, 1.165) is 41.5 Å². The second-order valence-corrected chi connectivity index (χ2v) is 7.20. The van der Waals surface area contributed by atoms with Gasteiger partial charge in [0, 0.05) is 33.0 Å². The highest BCUT2D eigenvalue weighted by Crippen LogP contribution is 2.37. The fourth-order valence-corrected chi connectivity index (χ4v) is 3.48. The Morgan fingerprint density at radius 2 is 1.78 bits per heavy atom. The van der Waals surface area contributed by atoms with E-state index in [9.17, 15) is 4.39 Å². The SMILES string of the molecule is C=C1CCCc2c1cc(CN(C=N)/C=C\N(C)C)cc2-c1ccc(F)cc1. The first kappa shape index (κ1) is 18.9. The first-order chi connectivity index (χ1) is 13.0. The van der Waals surface area contributed by atoms with Crippen molar-refractivity contribution in [1.82, 2.24) is 9.80 Å². The lowest BCUT2D eigenvalue weighted by Gasteiger charge is -2.24. The molecule has 3 rings (SSSR count). The van der Waals surface area contributed by atoms with E-state index in [1.54, 1.807) is 0 Å². The molecule has 0 bridgehead atoms. The quantitative estimate of drug-likeness (QED) is 0.559. The molecule has 0 aliphatic heterocycles. The molecule has 27 heavy (non-hydrogen) atoms. The Bertz CT molecular complexity index is 866. The molecule has 140 valence electrons. The molecule has 3 nitrogen and oxygen atoms in total. The molecule has 2 aromatic carbocycles. The fraction of sp³-hybridized carbons (Fsp3) is 0.261. The summed E-state index contributed by atoms with van der Waals surface area (Å²) in [6, 6.07) is 11.1. The Labute approximate surface area is 160 Å². The van der Waals surface area contributed by atoms with Crippen LogP contribution in [0.1, 0.15) is 29.5 Å². The molecule has 0 saturated carbocycles. The number of hydrogen-bond acceptors (Lipinski definition) is 2. The zero-order valence-electron chi connectivity index (χ0n) is 16.0. The number of hydrogen-bond donors (Lipinski definition) is 1. The van der Waals surface area contributed by atoms with Crippen molar-refractivity contribution in [3.63, 3.8) is 0 Å². The van der Waals surface area contributed by atoms with Gasteiger partial charge in [-0.2, -0.15) is 0 Å². The van der Waals surface area contributed by atoms with E-state index in [2.05, 4.69) is 18.7 Å². The molecule has 0 fully saturated rings. The predicted molar refractivity (Wildman–Crippen MR) is 111 cm³/mol. The van der Waals surface area contributed by atoms with Crippen molar-refractivity contribution < 1.29 is 4.39 Å². The van der Waals surface area contributed by atoms with Gasteiger partial charge in [-0.05, 0) is 76.9 Å². The summed E-state index contributed by atoms with van der Waals surface area (Å²) in [5.41, 5.74) is 6.94. The van der Waals surface area contributed by atoms with Crippen LogP contribution in [0.2, 0.25) is 0 Å². The first-order valence-electron chi connectivity index (χ1n) is 9.19. The van der Waals surface area contributed by atoms with Crippen molar-refractivity contribution in [2.45, 2.75) is 25.8 Å². The summed E-state index contributed by atoms with van der Waals surface area (Å²) < 4.78 is 13.4. The van der Waals surface area contributed by atoms with E-state index in [4.69, 9.17) is 5.41 Å². The smallest absolute Gasteiger partial charge is 0.123 e. The summed E-state index contributed by atoms with van der Waals surface area (Å²) in [6.45, 7) is 4.87. The second kappa shape index (κ2) is 8.21. The molecule has 1 N–H and O–H groups in total. The molecule has 0 saturated heterocycles. The normalized spacial score (nSPS) is 13.5. The molecule has 0 unspecified atom stereocenters. The first-order valence-corrected chi connectivity index (χ1v) is 9.19. The maximum Gasteiger partial charge on any atom is 0.123 e. The zero-order valence-corrected chi connectivity index (χ0v) is 16.0. The van der Waals surface area contributed by atoms with E-state index in [-0.39, 0.29) is 5.82 Å². The summed E-state index contributed by atoms with van der Waals surface area (Å²) in [5.74, 6) is -0.225. The number of fused-ring (bicyclic) bond motifs is 1. The van der Waals surface area contributed by atoms with Gasteiger partial charge in [0.2, 0.25) is 0 Å². The standard InChI is InChI=1S/C23H26FN3/c1-17-5-4-6-21-22(17)13-18(15-27(16-25)12-11-26(2)3)14-23(21)19-7-9-20(24)10-8-19/h7-14,16,25H,1,4-6,15H2,2-3H3/b12-11-,25-16?. The Kier molecular flexibility index (Phi) is 5.75. The van der Waals surface area contributed by atoms with Gasteiger partial charge in [0.1, 0.15) is 5.82 Å². The van der Waals surface area contributed by atoms with Crippen molar-refractivity contribution in [3.8, 4) is 11.1 Å². The highest BCUT2D eigenvalue weighted by molar-refractivity contribution is 5.79. The van der Waals surface area contributed by atoms with Crippen LogP contribution in [0.25, 0.3) is 16.7 Å². The van der Waals surface area contributed by atoms with Gasteiger partial charge >= 0.3 is 0 Å². The minimum atomic E-state index is -0.225. The molecule has 0 atom stereocenters. The van der Waals surface area contributed by atoms with E-state index in [1.807, 2.05) is 48.4 Å². The lowest BCUT2D eigenvalue weighted by molar-refractivity contribution is 0.515. The Morgan fingerprint density at radius 1 is 1.07 bits per heavy atom. The molecule has 4 heteroatoms. The number of benzene rings is 2. The fourth-order valence-electron chi connectivity index (χ4n) is 3.48. The topological polar surface area (TPSA) is 30.3 Å². The molecular weight excluding hydrogens is 337 g/mol. The van der Waals surface area contributed by atoms with Crippen LogP contribution in [0.5, 0.6) is 0 Å². The third kappa shape index (κ3) is 4.45. The van der Waals surface area contributed by atoms with Crippen LogP contribution >= 0.6 is 0 Å². The van der Waals surface area contributed by atoms with E-state index in [0.29, 0.717) is 6.54 Å². The van der Waals surface area contributed by atoms with E-state index >= 15 is 0 Å². The summed E-state index contributed by atoms with van der Waals surface area (Å²) in [6.07, 6.45) is 8.25. The van der Waals surface area contributed by atoms with Crippen molar-refractivity contribution >= 4 is 11.9 Å². The van der Waals surface area contributed by atoms with Crippen molar-refractivity contribution in [2.75, 3.05) is 14.1 Å². The van der Waals surface area contributed by atoms with Crippen molar-refractivity contribution in [3.05, 3.63) is 77.9 Å². The molecule has 0 radical (unpaired) electrons. The highest BCUT2D eigenvalue weighted by atomic mass is 19.1. The summed E-state index contributed by atoms with van der Waals surface area (Å²) in [5, 5.41) is 7.69. The average molecular weight is 363 g/mol. The molecule has 0 amide bonds. The lowest BCUT2D eigenvalue weighted by Crippen LogP contribution is -2.16. The third-order valence-corrected chi connectivity index (χ3v) is 4.84.